The van der Waals surface area contributed by atoms with E-state index in [-0.39, 0.29) is 23.4 Å². The number of hydrogen-bond acceptors (Lipinski definition) is 6. The molecule has 2 rings (SSSR count). The largest absolute Gasteiger partial charge is 0.464 e. The van der Waals surface area contributed by atoms with Gasteiger partial charge in [-0.3, -0.25) is 4.79 Å². The molecule has 1 amide bonds. The summed E-state index contributed by atoms with van der Waals surface area (Å²) in [5.74, 6) is -0.588. The lowest BCUT2D eigenvalue weighted by atomic mass is 10.1. The molecule has 0 aliphatic carbocycles. The molecule has 0 spiro atoms. The number of esters is 1. The van der Waals surface area contributed by atoms with E-state index in [0.717, 1.165) is 0 Å². The van der Waals surface area contributed by atoms with E-state index < -0.39 is 11.6 Å². The summed E-state index contributed by atoms with van der Waals surface area (Å²) in [7, 11) is 1.26. The van der Waals surface area contributed by atoms with Crippen LogP contribution in [0.2, 0.25) is 0 Å². The fourth-order valence-corrected chi connectivity index (χ4v) is 2.52. The van der Waals surface area contributed by atoms with Gasteiger partial charge in [0.2, 0.25) is 0 Å². The van der Waals surface area contributed by atoms with Crippen LogP contribution in [0.5, 0.6) is 0 Å². The van der Waals surface area contributed by atoms with E-state index in [2.05, 4.69) is 9.84 Å². The van der Waals surface area contributed by atoms with Crippen LogP contribution >= 0.6 is 0 Å². The van der Waals surface area contributed by atoms with Crippen molar-refractivity contribution in [3.05, 3.63) is 28.2 Å². The number of carbonyl (C=O) groups excluding carboxylic acids is 2. The summed E-state index contributed by atoms with van der Waals surface area (Å²) in [5.41, 5.74) is -0.730. The van der Waals surface area contributed by atoms with Crippen LogP contribution in [0.15, 0.2) is 16.9 Å². The fraction of sp³-hybridized carbons (Fsp3) is 0.625. The SMILES string of the molecule is COC(=O)c1ccc(=O)n(C2CCN(C(=O)OC(C)(C)C)CC2)n1. The topological polar surface area (TPSA) is 90.7 Å². The Balaban J connectivity index is 2.06. The molecule has 0 atom stereocenters. The van der Waals surface area contributed by atoms with Crippen LogP contribution in [0.1, 0.15) is 50.1 Å². The number of aromatic nitrogens is 2. The summed E-state index contributed by atoms with van der Waals surface area (Å²) >= 11 is 0. The van der Waals surface area contributed by atoms with Crippen LogP contribution in [0.3, 0.4) is 0 Å². The smallest absolute Gasteiger partial charge is 0.410 e. The highest BCUT2D eigenvalue weighted by atomic mass is 16.6. The average molecular weight is 337 g/mol. The first-order chi connectivity index (χ1) is 11.2. The van der Waals surface area contributed by atoms with Crippen molar-refractivity contribution in [2.45, 2.75) is 45.3 Å². The molecule has 1 saturated heterocycles. The predicted octanol–water partition coefficient (Wildman–Crippen LogP) is 1.60. The first-order valence-corrected chi connectivity index (χ1v) is 7.87. The van der Waals surface area contributed by atoms with Crippen molar-refractivity contribution >= 4 is 12.1 Å². The van der Waals surface area contributed by atoms with Crippen molar-refractivity contribution in [1.29, 1.82) is 0 Å². The van der Waals surface area contributed by atoms with Crippen molar-refractivity contribution < 1.29 is 19.1 Å². The fourth-order valence-electron chi connectivity index (χ4n) is 2.52. The van der Waals surface area contributed by atoms with Crippen LogP contribution < -0.4 is 5.56 Å². The quantitative estimate of drug-likeness (QED) is 0.761. The third kappa shape index (κ3) is 4.33. The van der Waals surface area contributed by atoms with Crippen LogP contribution in [-0.4, -0.2) is 52.5 Å². The molecule has 1 aliphatic rings. The van der Waals surface area contributed by atoms with Gasteiger partial charge in [0, 0.05) is 19.2 Å². The molecule has 0 unspecified atom stereocenters. The summed E-state index contributed by atoms with van der Waals surface area (Å²) < 4.78 is 11.3. The number of likely N-dealkylation sites (tertiary alicyclic amines) is 1. The standard InChI is InChI=1S/C16H23N3O5/c1-16(2,3)24-15(22)18-9-7-11(8-10-18)19-13(20)6-5-12(17-19)14(21)23-4/h5-6,11H,7-10H2,1-4H3. The van der Waals surface area contributed by atoms with Crippen molar-refractivity contribution in [3.8, 4) is 0 Å². The van der Waals surface area contributed by atoms with E-state index in [1.807, 2.05) is 20.8 Å². The van der Waals surface area contributed by atoms with Gasteiger partial charge in [-0.05, 0) is 39.7 Å². The van der Waals surface area contributed by atoms with Crippen LogP contribution in [0.4, 0.5) is 4.79 Å². The van der Waals surface area contributed by atoms with E-state index in [1.54, 1.807) is 4.90 Å². The summed E-state index contributed by atoms with van der Waals surface area (Å²) in [6, 6.07) is 2.49. The molecule has 0 bridgehead atoms. The molecule has 1 aromatic rings. The molecular formula is C16H23N3O5. The van der Waals surface area contributed by atoms with Crippen molar-refractivity contribution in [2.24, 2.45) is 0 Å². The van der Waals surface area contributed by atoms with Crippen LogP contribution in [-0.2, 0) is 9.47 Å². The third-order valence-corrected chi connectivity index (χ3v) is 3.68. The lowest BCUT2D eigenvalue weighted by Crippen LogP contribution is -2.43. The summed E-state index contributed by atoms with van der Waals surface area (Å²) in [4.78, 5) is 37.3. The Morgan fingerprint density at radius 3 is 2.38 bits per heavy atom. The van der Waals surface area contributed by atoms with Gasteiger partial charge < -0.3 is 14.4 Å². The first-order valence-electron chi connectivity index (χ1n) is 7.87. The molecule has 0 saturated carbocycles. The molecule has 24 heavy (non-hydrogen) atoms. The van der Waals surface area contributed by atoms with E-state index in [1.165, 1.54) is 23.9 Å². The number of carbonyl (C=O) groups is 2. The van der Waals surface area contributed by atoms with Gasteiger partial charge >= 0.3 is 12.1 Å². The second kappa shape index (κ2) is 7.02. The number of rotatable bonds is 2. The number of piperidine rings is 1. The molecule has 8 nitrogen and oxygen atoms in total. The molecule has 1 fully saturated rings. The Labute approximate surface area is 140 Å². The lowest BCUT2D eigenvalue weighted by Gasteiger charge is -2.33. The number of methoxy groups -OCH3 is 1. The Morgan fingerprint density at radius 1 is 1.21 bits per heavy atom. The normalized spacial score (nSPS) is 15.9. The zero-order chi connectivity index (χ0) is 17.9. The lowest BCUT2D eigenvalue weighted by molar-refractivity contribution is 0.0183. The Bertz CT molecular complexity index is 669. The van der Waals surface area contributed by atoms with E-state index in [9.17, 15) is 14.4 Å². The zero-order valence-electron chi connectivity index (χ0n) is 14.4. The molecule has 0 aromatic carbocycles. The van der Waals surface area contributed by atoms with Gasteiger partial charge in [0.1, 0.15) is 5.60 Å². The van der Waals surface area contributed by atoms with E-state index >= 15 is 0 Å². The van der Waals surface area contributed by atoms with Crippen LogP contribution in [0.25, 0.3) is 0 Å². The molecule has 0 radical (unpaired) electrons. The monoisotopic (exact) mass is 337 g/mol. The second-order valence-electron chi connectivity index (χ2n) is 6.69. The predicted molar refractivity (Wildman–Crippen MR) is 85.9 cm³/mol. The molecule has 1 aliphatic heterocycles. The Kier molecular flexibility index (Phi) is 5.26. The Hall–Kier alpha value is -2.38. The van der Waals surface area contributed by atoms with Crippen molar-refractivity contribution in [1.82, 2.24) is 14.7 Å². The van der Waals surface area contributed by atoms with Gasteiger partial charge in [-0.2, -0.15) is 5.10 Å². The highest BCUT2D eigenvalue weighted by molar-refractivity contribution is 5.86. The van der Waals surface area contributed by atoms with Crippen molar-refractivity contribution in [2.75, 3.05) is 20.2 Å². The minimum Gasteiger partial charge on any atom is -0.464 e. The second-order valence-corrected chi connectivity index (χ2v) is 6.69. The van der Waals surface area contributed by atoms with Gasteiger partial charge in [-0.1, -0.05) is 0 Å². The van der Waals surface area contributed by atoms with Gasteiger partial charge in [0.25, 0.3) is 5.56 Å². The molecule has 8 heteroatoms. The maximum absolute atomic E-state index is 12.1. The number of ether oxygens (including phenoxy) is 2. The number of amides is 1. The van der Waals surface area contributed by atoms with E-state index in [4.69, 9.17) is 4.74 Å². The van der Waals surface area contributed by atoms with Gasteiger partial charge in [0.15, 0.2) is 5.69 Å². The maximum atomic E-state index is 12.1. The molecule has 132 valence electrons. The molecular weight excluding hydrogens is 314 g/mol. The highest BCUT2D eigenvalue weighted by Gasteiger charge is 2.28. The minimum absolute atomic E-state index is 0.0895. The first kappa shape index (κ1) is 18.0. The molecule has 2 heterocycles. The summed E-state index contributed by atoms with van der Waals surface area (Å²) in [6.07, 6.45) is 0.776. The molecule has 1 aromatic heterocycles. The van der Waals surface area contributed by atoms with Gasteiger partial charge in [0.05, 0.1) is 13.2 Å². The van der Waals surface area contributed by atoms with Crippen molar-refractivity contribution in [3.63, 3.8) is 0 Å². The summed E-state index contributed by atoms with van der Waals surface area (Å²) in [6.45, 7) is 6.39. The number of nitrogens with zero attached hydrogens (tertiary/aromatic N) is 3. The van der Waals surface area contributed by atoms with Gasteiger partial charge in [-0.15, -0.1) is 0 Å². The average Bonchev–Trinajstić information content (AvgIpc) is 2.53. The number of hydrogen-bond donors (Lipinski definition) is 0. The maximum Gasteiger partial charge on any atom is 0.410 e. The third-order valence-electron chi connectivity index (χ3n) is 3.68. The summed E-state index contributed by atoms with van der Waals surface area (Å²) in [5, 5.41) is 4.09. The Morgan fingerprint density at radius 2 is 1.83 bits per heavy atom. The molecule has 0 N–H and O–H groups in total. The van der Waals surface area contributed by atoms with Crippen LogP contribution in [0, 0.1) is 0 Å². The minimum atomic E-state index is -0.588. The zero-order valence-corrected chi connectivity index (χ0v) is 14.4. The highest BCUT2D eigenvalue weighted by Crippen LogP contribution is 2.22. The van der Waals surface area contributed by atoms with E-state index in [0.29, 0.717) is 25.9 Å². The van der Waals surface area contributed by atoms with Gasteiger partial charge in [-0.25, -0.2) is 14.3 Å².